The molecule has 0 atom stereocenters. The van der Waals surface area contributed by atoms with Gasteiger partial charge in [0.25, 0.3) is 0 Å². The Bertz CT molecular complexity index is 748. The van der Waals surface area contributed by atoms with Gasteiger partial charge in [-0.2, -0.15) is 0 Å². The van der Waals surface area contributed by atoms with Crippen LogP contribution in [0.25, 0.3) is 11.0 Å². The maximum atomic E-state index is 11.8. The molecule has 1 heterocycles. The zero-order chi connectivity index (χ0) is 14.3. The highest BCUT2D eigenvalue weighted by atomic mass is 35.5. The normalized spacial score (nSPS) is 15.9. The van der Waals surface area contributed by atoms with Crippen LogP contribution in [0.3, 0.4) is 0 Å². The summed E-state index contributed by atoms with van der Waals surface area (Å²) in [6.45, 7) is 0.858. The average molecular weight is 313 g/mol. The first-order chi connectivity index (χ1) is 9.50. The highest BCUT2D eigenvalue weighted by molar-refractivity contribution is 7.91. The summed E-state index contributed by atoms with van der Waals surface area (Å²) in [5.74, 6) is 1.86. The number of aromatic nitrogens is 2. The molecule has 2 aromatic rings. The van der Waals surface area contributed by atoms with Crippen LogP contribution >= 0.6 is 11.6 Å². The number of rotatable bonds is 5. The molecule has 0 saturated heterocycles. The van der Waals surface area contributed by atoms with Crippen molar-refractivity contribution in [1.82, 2.24) is 9.55 Å². The zero-order valence-electron chi connectivity index (χ0n) is 11.3. The molecule has 0 aliphatic heterocycles. The number of hydrogen-bond donors (Lipinski definition) is 0. The molecule has 1 saturated carbocycles. The topological polar surface area (TPSA) is 52.0 Å². The third-order valence-electron chi connectivity index (χ3n) is 3.80. The number of hydrogen-bond acceptors (Lipinski definition) is 3. The third-order valence-corrected chi connectivity index (χ3v) is 5.17. The summed E-state index contributed by atoms with van der Waals surface area (Å²) in [6, 6.07) is 5.29. The van der Waals surface area contributed by atoms with Gasteiger partial charge >= 0.3 is 0 Å². The lowest BCUT2D eigenvalue weighted by atomic mass is 10.2. The van der Waals surface area contributed by atoms with Crippen LogP contribution in [0.4, 0.5) is 0 Å². The van der Waals surface area contributed by atoms with Crippen molar-refractivity contribution >= 4 is 32.5 Å². The van der Waals surface area contributed by atoms with E-state index >= 15 is 0 Å². The lowest BCUT2D eigenvalue weighted by Gasteiger charge is -2.07. The van der Waals surface area contributed by atoms with Gasteiger partial charge in [0, 0.05) is 12.8 Å². The van der Waals surface area contributed by atoms with Gasteiger partial charge in [0.1, 0.15) is 11.3 Å². The molecule has 1 aromatic carbocycles. The Morgan fingerprint density at radius 1 is 1.40 bits per heavy atom. The van der Waals surface area contributed by atoms with Crippen molar-refractivity contribution in [2.24, 2.45) is 5.92 Å². The molecular weight excluding hydrogens is 296 g/mol. The minimum Gasteiger partial charge on any atom is -0.327 e. The number of sulfone groups is 1. The summed E-state index contributed by atoms with van der Waals surface area (Å²) in [5, 5.41) is 0. The molecule has 6 heteroatoms. The van der Waals surface area contributed by atoms with Gasteiger partial charge in [0.05, 0.1) is 16.3 Å². The van der Waals surface area contributed by atoms with Gasteiger partial charge in [0.2, 0.25) is 0 Å². The number of alkyl halides is 1. The van der Waals surface area contributed by atoms with Gasteiger partial charge < -0.3 is 4.57 Å². The number of imidazole rings is 1. The summed E-state index contributed by atoms with van der Waals surface area (Å²) < 4.78 is 25.8. The fourth-order valence-corrected chi connectivity index (χ4v) is 3.57. The summed E-state index contributed by atoms with van der Waals surface area (Å²) >= 11 is 5.97. The number of halogens is 1. The molecule has 0 amide bonds. The molecule has 1 fully saturated rings. The maximum Gasteiger partial charge on any atom is 0.177 e. The molecule has 1 aliphatic carbocycles. The van der Waals surface area contributed by atoms with Gasteiger partial charge in [0.15, 0.2) is 9.84 Å². The van der Waals surface area contributed by atoms with Crippen LogP contribution in [0.1, 0.15) is 25.1 Å². The van der Waals surface area contributed by atoms with Crippen molar-refractivity contribution in [1.29, 1.82) is 0 Å². The van der Waals surface area contributed by atoms with E-state index in [2.05, 4.69) is 9.55 Å². The molecule has 0 N–H and O–H groups in total. The van der Waals surface area contributed by atoms with Crippen LogP contribution in [0.15, 0.2) is 23.1 Å². The number of nitrogens with zero attached hydrogens (tertiary/aromatic N) is 2. The van der Waals surface area contributed by atoms with E-state index in [0.717, 1.165) is 30.2 Å². The highest BCUT2D eigenvalue weighted by Crippen LogP contribution is 2.34. The molecular formula is C14H17ClN2O2S. The Labute approximate surface area is 123 Å². The van der Waals surface area contributed by atoms with E-state index in [4.69, 9.17) is 11.6 Å². The van der Waals surface area contributed by atoms with E-state index in [0.29, 0.717) is 11.4 Å². The van der Waals surface area contributed by atoms with Crippen molar-refractivity contribution in [3.63, 3.8) is 0 Å². The van der Waals surface area contributed by atoms with Crippen LogP contribution in [-0.2, 0) is 22.3 Å². The van der Waals surface area contributed by atoms with Crippen LogP contribution in [0, 0.1) is 5.92 Å². The maximum absolute atomic E-state index is 11.8. The number of aryl methyl sites for hydroxylation is 1. The second-order valence-electron chi connectivity index (χ2n) is 5.44. The van der Waals surface area contributed by atoms with Gasteiger partial charge in [-0.15, -0.1) is 11.6 Å². The standard InChI is InChI=1S/C14H17ClN2O2S/c1-20(18,19)12-4-2-3-11-14(12)16-13(9-15)17(11)8-7-10-5-6-10/h2-4,10H,5-9H2,1H3. The zero-order valence-corrected chi connectivity index (χ0v) is 12.9. The van der Waals surface area contributed by atoms with Crippen LogP contribution in [0.2, 0.25) is 0 Å². The van der Waals surface area contributed by atoms with E-state index < -0.39 is 9.84 Å². The first kappa shape index (κ1) is 13.9. The Morgan fingerprint density at radius 2 is 2.15 bits per heavy atom. The molecule has 20 heavy (non-hydrogen) atoms. The predicted molar refractivity (Wildman–Crippen MR) is 79.7 cm³/mol. The van der Waals surface area contributed by atoms with Crippen molar-refractivity contribution in [3.05, 3.63) is 24.0 Å². The second kappa shape index (κ2) is 5.04. The smallest absolute Gasteiger partial charge is 0.177 e. The molecule has 1 aliphatic rings. The largest absolute Gasteiger partial charge is 0.327 e. The number of para-hydroxylation sites is 1. The first-order valence-electron chi connectivity index (χ1n) is 6.75. The second-order valence-corrected chi connectivity index (χ2v) is 7.69. The molecule has 1 aromatic heterocycles. The van der Waals surface area contributed by atoms with Crippen molar-refractivity contribution < 1.29 is 8.42 Å². The van der Waals surface area contributed by atoms with E-state index in [9.17, 15) is 8.42 Å². The summed E-state index contributed by atoms with van der Waals surface area (Å²) in [4.78, 5) is 4.73. The summed E-state index contributed by atoms with van der Waals surface area (Å²) in [7, 11) is -3.28. The van der Waals surface area contributed by atoms with E-state index in [-0.39, 0.29) is 4.90 Å². The van der Waals surface area contributed by atoms with Crippen molar-refractivity contribution in [2.45, 2.75) is 36.6 Å². The lowest BCUT2D eigenvalue weighted by Crippen LogP contribution is -2.03. The molecule has 0 unspecified atom stereocenters. The Kier molecular flexibility index (Phi) is 3.50. The lowest BCUT2D eigenvalue weighted by molar-refractivity contribution is 0.594. The van der Waals surface area contributed by atoms with Gasteiger partial charge in [-0.05, 0) is 24.5 Å². The Balaban J connectivity index is 2.12. The molecule has 3 rings (SSSR count). The minimum atomic E-state index is -3.28. The van der Waals surface area contributed by atoms with E-state index in [1.807, 2.05) is 6.07 Å². The van der Waals surface area contributed by atoms with Crippen molar-refractivity contribution in [2.75, 3.05) is 6.26 Å². The highest BCUT2D eigenvalue weighted by Gasteiger charge is 2.23. The van der Waals surface area contributed by atoms with Crippen LogP contribution < -0.4 is 0 Å². The average Bonchev–Trinajstić information content (AvgIpc) is 3.15. The Morgan fingerprint density at radius 3 is 2.75 bits per heavy atom. The van der Waals surface area contributed by atoms with Gasteiger partial charge in [-0.25, -0.2) is 13.4 Å². The van der Waals surface area contributed by atoms with Crippen molar-refractivity contribution in [3.8, 4) is 0 Å². The SMILES string of the molecule is CS(=O)(=O)c1cccc2c1nc(CCl)n2CCC1CC1. The minimum absolute atomic E-state index is 0.284. The number of benzene rings is 1. The molecule has 0 bridgehead atoms. The first-order valence-corrected chi connectivity index (χ1v) is 9.17. The van der Waals surface area contributed by atoms with Crippen LogP contribution in [-0.4, -0.2) is 24.2 Å². The fraction of sp³-hybridized carbons (Fsp3) is 0.500. The summed E-state index contributed by atoms with van der Waals surface area (Å²) in [5.41, 5.74) is 1.41. The molecule has 108 valence electrons. The fourth-order valence-electron chi connectivity index (χ4n) is 2.54. The monoisotopic (exact) mass is 312 g/mol. The van der Waals surface area contributed by atoms with Gasteiger partial charge in [-0.3, -0.25) is 0 Å². The Hall–Kier alpha value is -1.07. The predicted octanol–water partition coefficient (Wildman–Crippen LogP) is 2.98. The molecule has 0 radical (unpaired) electrons. The molecule has 4 nitrogen and oxygen atoms in total. The third kappa shape index (κ3) is 2.56. The molecule has 0 spiro atoms. The summed E-state index contributed by atoms with van der Waals surface area (Å²) in [6.07, 6.45) is 4.93. The quantitative estimate of drug-likeness (QED) is 0.798. The van der Waals surface area contributed by atoms with Crippen LogP contribution in [0.5, 0.6) is 0 Å². The number of fused-ring (bicyclic) bond motifs is 1. The van der Waals surface area contributed by atoms with E-state index in [1.165, 1.54) is 19.1 Å². The van der Waals surface area contributed by atoms with E-state index in [1.54, 1.807) is 12.1 Å². The van der Waals surface area contributed by atoms with Gasteiger partial charge in [-0.1, -0.05) is 18.9 Å².